The number of rotatable bonds is 5. The van der Waals surface area contributed by atoms with Gasteiger partial charge in [-0.1, -0.05) is 43.3 Å². The lowest BCUT2D eigenvalue weighted by Crippen LogP contribution is -2.35. The predicted molar refractivity (Wildman–Crippen MR) is 74.0 cm³/mol. The van der Waals surface area contributed by atoms with Gasteiger partial charge in [0.15, 0.2) is 5.76 Å². The molecule has 2 rings (SSSR count). The van der Waals surface area contributed by atoms with E-state index in [-0.39, 0.29) is 11.7 Å². The molecule has 0 saturated carbocycles. The number of furan rings is 1. The van der Waals surface area contributed by atoms with Gasteiger partial charge in [-0.3, -0.25) is 15.6 Å². The Morgan fingerprint density at radius 2 is 1.95 bits per heavy atom. The minimum absolute atomic E-state index is 0.274. The molecule has 98 valence electrons. The van der Waals surface area contributed by atoms with Crippen LogP contribution in [0.3, 0.4) is 0 Å². The van der Waals surface area contributed by atoms with Crippen molar-refractivity contribution in [1.29, 1.82) is 0 Å². The highest BCUT2D eigenvalue weighted by Gasteiger charge is 2.08. The molecule has 2 aromatic rings. The molecule has 0 bridgehead atoms. The van der Waals surface area contributed by atoms with E-state index >= 15 is 0 Å². The van der Waals surface area contributed by atoms with Crippen LogP contribution in [0.25, 0.3) is 5.70 Å². The molecule has 0 radical (unpaired) electrons. The Hall–Kier alpha value is -2.49. The Balaban J connectivity index is 2.03. The smallest absolute Gasteiger partial charge is 0.305 e. The van der Waals surface area contributed by atoms with Crippen LogP contribution in [0.1, 0.15) is 29.5 Å². The van der Waals surface area contributed by atoms with E-state index in [0.29, 0.717) is 0 Å². The normalized spacial score (nSPS) is 11.1. The summed E-state index contributed by atoms with van der Waals surface area (Å²) in [5, 5.41) is 0. The van der Waals surface area contributed by atoms with Crippen molar-refractivity contribution in [2.24, 2.45) is 0 Å². The zero-order valence-corrected chi connectivity index (χ0v) is 10.7. The molecule has 1 heterocycles. The van der Waals surface area contributed by atoms with Crippen molar-refractivity contribution in [3.05, 3.63) is 66.1 Å². The first-order valence-corrected chi connectivity index (χ1v) is 6.16. The number of allylic oxidation sites excluding steroid dienone is 1. The molecule has 0 aliphatic rings. The lowest BCUT2D eigenvalue weighted by atomic mass is 10.1. The van der Waals surface area contributed by atoms with E-state index in [1.165, 1.54) is 6.26 Å². The van der Waals surface area contributed by atoms with E-state index in [2.05, 4.69) is 10.9 Å². The molecule has 0 unspecified atom stereocenters. The summed E-state index contributed by atoms with van der Waals surface area (Å²) in [5.41, 5.74) is 7.43. The lowest BCUT2D eigenvalue weighted by molar-refractivity contribution is 0.0914. The van der Waals surface area contributed by atoms with Gasteiger partial charge in [0.25, 0.3) is 0 Å². The summed E-state index contributed by atoms with van der Waals surface area (Å²) < 4.78 is 5.02. The van der Waals surface area contributed by atoms with Gasteiger partial charge in [0.2, 0.25) is 0 Å². The van der Waals surface area contributed by atoms with Crippen LogP contribution in [0.15, 0.2) is 59.2 Å². The Morgan fingerprint density at radius 3 is 2.58 bits per heavy atom. The average molecular weight is 256 g/mol. The van der Waals surface area contributed by atoms with Gasteiger partial charge in [-0.25, -0.2) is 0 Å². The van der Waals surface area contributed by atoms with E-state index in [0.717, 1.165) is 17.7 Å². The summed E-state index contributed by atoms with van der Waals surface area (Å²) in [6.45, 7) is 2.04. The Labute approximate surface area is 112 Å². The maximum atomic E-state index is 11.8. The topological polar surface area (TPSA) is 54.3 Å². The van der Waals surface area contributed by atoms with Crippen molar-refractivity contribution < 1.29 is 9.21 Å². The third kappa shape index (κ3) is 3.48. The highest BCUT2D eigenvalue weighted by Crippen LogP contribution is 2.11. The molecule has 4 heteroatoms. The van der Waals surface area contributed by atoms with Gasteiger partial charge in [-0.2, -0.15) is 0 Å². The summed E-state index contributed by atoms with van der Waals surface area (Å²) in [7, 11) is 0. The molecule has 1 amide bonds. The van der Waals surface area contributed by atoms with Crippen molar-refractivity contribution in [3.8, 4) is 0 Å². The van der Waals surface area contributed by atoms with Gasteiger partial charge < -0.3 is 4.42 Å². The molecule has 0 aliphatic heterocycles. The first-order valence-electron chi connectivity index (χ1n) is 6.16. The molecule has 0 spiro atoms. The van der Waals surface area contributed by atoms with Crippen molar-refractivity contribution in [2.45, 2.75) is 13.3 Å². The van der Waals surface area contributed by atoms with Crippen LogP contribution in [0, 0.1) is 0 Å². The molecule has 19 heavy (non-hydrogen) atoms. The summed E-state index contributed by atoms with van der Waals surface area (Å²) in [6, 6.07) is 13.1. The van der Waals surface area contributed by atoms with E-state index in [1.54, 1.807) is 12.1 Å². The summed E-state index contributed by atoms with van der Waals surface area (Å²) in [4.78, 5) is 11.8. The fraction of sp³-hybridized carbons (Fsp3) is 0.133. The van der Waals surface area contributed by atoms with Crippen LogP contribution in [0.5, 0.6) is 0 Å². The third-order valence-electron chi connectivity index (χ3n) is 2.55. The fourth-order valence-corrected chi connectivity index (χ4v) is 1.66. The van der Waals surface area contributed by atoms with Crippen LogP contribution in [0.4, 0.5) is 0 Å². The van der Waals surface area contributed by atoms with Crippen LogP contribution in [-0.4, -0.2) is 5.91 Å². The van der Waals surface area contributed by atoms with Gasteiger partial charge >= 0.3 is 5.91 Å². The van der Waals surface area contributed by atoms with Crippen LogP contribution < -0.4 is 10.9 Å². The van der Waals surface area contributed by atoms with Crippen molar-refractivity contribution in [3.63, 3.8) is 0 Å². The summed E-state index contributed by atoms with van der Waals surface area (Å²) >= 11 is 0. The van der Waals surface area contributed by atoms with Crippen LogP contribution >= 0.6 is 0 Å². The van der Waals surface area contributed by atoms with Crippen molar-refractivity contribution in [1.82, 2.24) is 10.9 Å². The number of amides is 1. The summed E-state index contributed by atoms with van der Waals surface area (Å²) in [5.74, 6) is -0.0284. The second-order valence-corrected chi connectivity index (χ2v) is 3.95. The SMILES string of the molecule is CC/C=C(\NNC(=O)c1ccco1)c1ccccc1. The van der Waals surface area contributed by atoms with Gasteiger partial charge in [-0.05, 0) is 24.1 Å². The lowest BCUT2D eigenvalue weighted by Gasteiger charge is -2.11. The number of carbonyl (C=O) groups excluding carboxylic acids is 1. The Morgan fingerprint density at radius 1 is 1.16 bits per heavy atom. The number of hydrogen-bond acceptors (Lipinski definition) is 3. The van der Waals surface area contributed by atoms with E-state index < -0.39 is 0 Å². The van der Waals surface area contributed by atoms with E-state index in [4.69, 9.17) is 4.42 Å². The molecule has 1 aromatic heterocycles. The first kappa shape index (κ1) is 13.0. The van der Waals surface area contributed by atoms with Gasteiger partial charge in [0, 0.05) is 0 Å². The van der Waals surface area contributed by atoms with Crippen LogP contribution in [0.2, 0.25) is 0 Å². The highest BCUT2D eigenvalue weighted by molar-refractivity contribution is 5.91. The molecule has 0 atom stereocenters. The number of benzene rings is 1. The van der Waals surface area contributed by atoms with Gasteiger partial charge in [-0.15, -0.1) is 0 Å². The number of nitrogens with one attached hydrogen (secondary N) is 2. The largest absolute Gasteiger partial charge is 0.459 e. The molecule has 1 aromatic carbocycles. The minimum Gasteiger partial charge on any atom is -0.459 e. The minimum atomic E-state index is -0.303. The monoisotopic (exact) mass is 256 g/mol. The van der Waals surface area contributed by atoms with Crippen LogP contribution in [-0.2, 0) is 0 Å². The van der Waals surface area contributed by atoms with Crippen molar-refractivity contribution in [2.75, 3.05) is 0 Å². The summed E-state index contributed by atoms with van der Waals surface area (Å²) in [6.07, 6.45) is 4.35. The third-order valence-corrected chi connectivity index (χ3v) is 2.55. The second-order valence-electron chi connectivity index (χ2n) is 3.95. The molecule has 0 aliphatic carbocycles. The average Bonchev–Trinajstić information content (AvgIpc) is 2.98. The first-order chi connectivity index (χ1) is 9.31. The zero-order valence-electron chi connectivity index (χ0n) is 10.7. The Kier molecular flexibility index (Phi) is 4.39. The van der Waals surface area contributed by atoms with Gasteiger partial charge in [0.1, 0.15) is 0 Å². The maximum Gasteiger partial charge on any atom is 0.305 e. The predicted octanol–water partition coefficient (Wildman–Crippen LogP) is 2.97. The molecule has 4 nitrogen and oxygen atoms in total. The molecular formula is C15H16N2O2. The number of hydrogen-bond donors (Lipinski definition) is 2. The standard InChI is InChI=1S/C15H16N2O2/c1-2-7-13(12-8-4-3-5-9-12)16-17-15(18)14-10-6-11-19-14/h3-11,16H,2H2,1H3,(H,17,18)/b13-7-. The van der Waals surface area contributed by atoms with Gasteiger partial charge in [0.05, 0.1) is 12.0 Å². The van der Waals surface area contributed by atoms with E-state index in [9.17, 15) is 4.79 Å². The number of carbonyl (C=O) groups is 1. The second kappa shape index (κ2) is 6.44. The number of hydrazine groups is 1. The maximum absolute atomic E-state index is 11.8. The zero-order chi connectivity index (χ0) is 13.5. The molecule has 0 saturated heterocycles. The quantitative estimate of drug-likeness (QED) is 0.809. The Bertz CT molecular complexity index is 545. The van der Waals surface area contributed by atoms with E-state index in [1.807, 2.05) is 43.3 Å². The van der Waals surface area contributed by atoms with Crippen molar-refractivity contribution >= 4 is 11.6 Å². The fourth-order valence-electron chi connectivity index (χ4n) is 1.66. The molecule has 2 N–H and O–H groups in total. The molecular weight excluding hydrogens is 240 g/mol. The molecule has 0 fully saturated rings. The highest BCUT2D eigenvalue weighted by atomic mass is 16.3.